The maximum atomic E-state index is 12.0. The maximum Gasteiger partial charge on any atom is 0.335 e. The molecule has 1 aromatic heterocycles. The number of hydrogen-bond donors (Lipinski definition) is 2. The number of halogens is 2. The smallest absolute Gasteiger partial charge is 0.335 e. The lowest BCUT2D eigenvalue weighted by atomic mass is 10.2. The van der Waals surface area contributed by atoms with Gasteiger partial charge in [0.05, 0.1) is 26.9 Å². The largest absolute Gasteiger partial charge is 0.478 e. The molecule has 1 amide bonds. The predicted octanol–water partition coefficient (Wildman–Crippen LogP) is 3.34. The summed E-state index contributed by atoms with van der Waals surface area (Å²) in [5.74, 6) is -1.58. The molecule has 0 radical (unpaired) electrons. The van der Waals surface area contributed by atoms with Crippen LogP contribution in [0.5, 0.6) is 0 Å². The molecule has 0 aliphatic carbocycles. The second-order valence-corrected chi connectivity index (χ2v) is 4.62. The van der Waals surface area contributed by atoms with E-state index < -0.39 is 11.9 Å². The second-order valence-electron chi connectivity index (χ2n) is 3.81. The minimum absolute atomic E-state index is 0.0346. The first-order valence-corrected chi connectivity index (χ1v) is 6.18. The van der Waals surface area contributed by atoms with Crippen molar-refractivity contribution in [3.05, 3.63) is 57.8 Å². The Morgan fingerprint density at radius 2 is 1.90 bits per heavy atom. The van der Waals surface area contributed by atoms with Gasteiger partial charge in [-0.15, -0.1) is 0 Å². The van der Waals surface area contributed by atoms with Crippen LogP contribution in [-0.2, 0) is 0 Å². The molecule has 0 saturated carbocycles. The molecule has 0 aliphatic heterocycles. The number of benzene rings is 1. The molecule has 2 rings (SSSR count). The molecule has 1 heterocycles. The number of carbonyl (C=O) groups is 2. The second kappa shape index (κ2) is 5.90. The Morgan fingerprint density at radius 3 is 2.50 bits per heavy atom. The third kappa shape index (κ3) is 3.07. The average Bonchev–Trinajstić information content (AvgIpc) is 2.41. The summed E-state index contributed by atoms with van der Waals surface area (Å²) in [7, 11) is 0. The van der Waals surface area contributed by atoms with Crippen LogP contribution in [0.1, 0.15) is 20.7 Å². The van der Waals surface area contributed by atoms with Crippen LogP contribution in [0.25, 0.3) is 0 Å². The van der Waals surface area contributed by atoms with Crippen molar-refractivity contribution in [1.29, 1.82) is 0 Å². The van der Waals surface area contributed by atoms with Crippen molar-refractivity contribution in [2.75, 3.05) is 5.32 Å². The lowest BCUT2D eigenvalue weighted by Gasteiger charge is -2.08. The first kappa shape index (κ1) is 14.3. The minimum atomic E-state index is -1.10. The van der Waals surface area contributed by atoms with E-state index in [-0.39, 0.29) is 21.2 Å². The SMILES string of the molecule is O=C(O)c1ccc(NC(=O)c2cnccc2Cl)c(Cl)c1. The van der Waals surface area contributed by atoms with Gasteiger partial charge in [0.1, 0.15) is 0 Å². The third-order valence-electron chi connectivity index (χ3n) is 2.48. The summed E-state index contributed by atoms with van der Waals surface area (Å²) >= 11 is 11.8. The highest BCUT2D eigenvalue weighted by atomic mass is 35.5. The number of hydrogen-bond acceptors (Lipinski definition) is 3. The molecule has 0 atom stereocenters. The third-order valence-corrected chi connectivity index (χ3v) is 3.12. The molecule has 20 heavy (non-hydrogen) atoms. The van der Waals surface area contributed by atoms with Gasteiger partial charge in [0.25, 0.3) is 5.91 Å². The van der Waals surface area contributed by atoms with Crippen LogP contribution < -0.4 is 5.32 Å². The molecular weight excluding hydrogens is 303 g/mol. The van der Waals surface area contributed by atoms with E-state index >= 15 is 0 Å². The molecule has 7 heteroatoms. The first-order chi connectivity index (χ1) is 9.49. The summed E-state index contributed by atoms with van der Waals surface area (Å²) < 4.78 is 0. The molecule has 2 N–H and O–H groups in total. The van der Waals surface area contributed by atoms with Crippen LogP contribution >= 0.6 is 23.2 Å². The van der Waals surface area contributed by atoms with Crippen molar-refractivity contribution in [2.45, 2.75) is 0 Å². The lowest BCUT2D eigenvalue weighted by molar-refractivity contribution is 0.0696. The summed E-state index contributed by atoms with van der Waals surface area (Å²) in [6, 6.07) is 5.50. The van der Waals surface area contributed by atoms with Crippen LogP contribution in [0.4, 0.5) is 5.69 Å². The number of amides is 1. The Kier molecular flexibility index (Phi) is 4.22. The number of pyridine rings is 1. The number of aromatic carboxylic acids is 1. The van der Waals surface area contributed by atoms with Crippen molar-refractivity contribution in [3.8, 4) is 0 Å². The highest BCUT2D eigenvalue weighted by Crippen LogP contribution is 2.24. The average molecular weight is 311 g/mol. The molecular formula is C13H8Cl2N2O3. The molecule has 0 unspecified atom stereocenters. The molecule has 0 saturated heterocycles. The number of rotatable bonds is 3. The van der Waals surface area contributed by atoms with Gasteiger partial charge in [-0.05, 0) is 24.3 Å². The maximum absolute atomic E-state index is 12.0. The molecule has 1 aromatic carbocycles. The quantitative estimate of drug-likeness (QED) is 0.911. The normalized spacial score (nSPS) is 10.1. The minimum Gasteiger partial charge on any atom is -0.478 e. The van der Waals surface area contributed by atoms with Gasteiger partial charge >= 0.3 is 5.97 Å². The van der Waals surface area contributed by atoms with Crippen LogP contribution in [0.2, 0.25) is 10.0 Å². The van der Waals surface area contributed by atoms with Gasteiger partial charge in [-0.3, -0.25) is 9.78 Å². The molecule has 102 valence electrons. The van der Waals surface area contributed by atoms with Crippen molar-refractivity contribution < 1.29 is 14.7 Å². The van der Waals surface area contributed by atoms with Crippen molar-refractivity contribution in [2.24, 2.45) is 0 Å². The van der Waals surface area contributed by atoms with Crippen molar-refractivity contribution in [1.82, 2.24) is 4.98 Å². The van der Waals surface area contributed by atoms with E-state index in [1.165, 1.54) is 36.7 Å². The first-order valence-electron chi connectivity index (χ1n) is 5.42. The van der Waals surface area contributed by atoms with Crippen molar-refractivity contribution in [3.63, 3.8) is 0 Å². The molecule has 5 nitrogen and oxygen atoms in total. The van der Waals surface area contributed by atoms with Gasteiger partial charge in [0, 0.05) is 12.4 Å². The van der Waals surface area contributed by atoms with E-state index in [9.17, 15) is 9.59 Å². The van der Waals surface area contributed by atoms with E-state index in [0.29, 0.717) is 5.69 Å². The van der Waals surface area contributed by atoms with E-state index in [4.69, 9.17) is 28.3 Å². The van der Waals surface area contributed by atoms with Gasteiger partial charge in [0.2, 0.25) is 0 Å². The fourth-order valence-corrected chi connectivity index (χ4v) is 1.90. The molecule has 0 spiro atoms. The zero-order chi connectivity index (χ0) is 14.7. The Morgan fingerprint density at radius 1 is 1.15 bits per heavy atom. The number of nitrogens with one attached hydrogen (secondary N) is 1. The number of carboxylic acid groups (broad SMARTS) is 1. The monoisotopic (exact) mass is 310 g/mol. The topological polar surface area (TPSA) is 79.3 Å². The Balaban J connectivity index is 2.25. The van der Waals surface area contributed by atoms with E-state index in [0.717, 1.165) is 0 Å². The zero-order valence-corrected chi connectivity index (χ0v) is 11.4. The Labute approximate surface area is 124 Å². The van der Waals surface area contributed by atoms with Gasteiger partial charge in [-0.25, -0.2) is 4.79 Å². The van der Waals surface area contributed by atoms with Gasteiger partial charge in [0.15, 0.2) is 0 Å². The van der Waals surface area contributed by atoms with Gasteiger partial charge in [-0.2, -0.15) is 0 Å². The predicted molar refractivity (Wildman–Crippen MR) is 75.6 cm³/mol. The highest BCUT2D eigenvalue weighted by molar-refractivity contribution is 6.36. The molecule has 0 bridgehead atoms. The van der Waals surface area contributed by atoms with Gasteiger partial charge < -0.3 is 10.4 Å². The number of carbonyl (C=O) groups excluding carboxylic acids is 1. The summed E-state index contributed by atoms with van der Waals surface area (Å²) in [4.78, 5) is 26.6. The number of anilines is 1. The lowest BCUT2D eigenvalue weighted by Crippen LogP contribution is -2.13. The van der Waals surface area contributed by atoms with Crippen molar-refractivity contribution >= 4 is 40.8 Å². The number of carboxylic acids is 1. The Bertz CT molecular complexity index is 689. The molecule has 2 aromatic rings. The standard InChI is InChI=1S/C13H8Cl2N2O3/c14-9-3-4-16-6-8(9)12(18)17-11-2-1-7(13(19)20)5-10(11)15/h1-6H,(H,17,18)(H,19,20). The fourth-order valence-electron chi connectivity index (χ4n) is 1.48. The van der Waals surface area contributed by atoms with E-state index in [1.54, 1.807) is 0 Å². The summed E-state index contributed by atoms with van der Waals surface area (Å²) in [5.41, 5.74) is 0.529. The van der Waals surface area contributed by atoms with Gasteiger partial charge in [-0.1, -0.05) is 23.2 Å². The summed E-state index contributed by atoms with van der Waals surface area (Å²) in [5, 5.41) is 11.8. The molecule has 0 aliphatic rings. The summed E-state index contributed by atoms with van der Waals surface area (Å²) in [6.07, 6.45) is 2.80. The van der Waals surface area contributed by atoms with Crippen LogP contribution in [0.3, 0.4) is 0 Å². The van der Waals surface area contributed by atoms with E-state index in [1.807, 2.05) is 0 Å². The van der Waals surface area contributed by atoms with E-state index in [2.05, 4.69) is 10.3 Å². The molecule has 0 fully saturated rings. The number of aromatic nitrogens is 1. The highest BCUT2D eigenvalue weighted by Gasteiger charge is 2.13. The number of nitrogens with zero attached hydrogens (tertiary/aromatic N) is 1. The van der Waals surface area contributed by atoms with Crippen LogP contribution in [0.15, 0.2) is 36.7 Å². The fraction of sp³-hybridized carbons (Fsp3) is 0. The summed E-state index contributed by atoms with van der Waals surface area (Å²) in [6.45, 7) is 0. The van der Waals surface area contributed by atoms with Crippen LogP contribution in [0, 0.1) is 0 Å². The Hall–Kier alpha value is -2.11. The zero-order valence-electron chi connectivity index (χ0n) is 9.93. The van der Waals surface area contributed by atoms with Crippen LogP contribution in [-0.4, -0.2) is 22.0 Å².